The number of benzene rings is 2. The average molecular weight is 310 g/mol. The number of ether oxygens (including phenoxy) is 2. The van der Waals surface area contributed by atoms with Crippen LogP contribution in [0.3, 0.4) is 0 Å². The number of oxazole rings is 1. The second-order valence-electron chi connectivity index (χ2n) is 4.98. The minimum absolute atomic E-state index is 0.684. The second kappa shape index (κ2) is 6.87. The van der Waals surface area contributed by atoms with Gasteiger partial charge in [-0.15, -0.1) is 0 Å². The van der Waals surface area contributed by atoms with E-state index in [0.29, 0.717) is 5.76 Å². The number of hydrogen-bond acceptors (Lipinski definition) is 5. The van der Waals surface area contributed by atoms with Crippen LogP contribution in [0.2, 0.25) is 0 Å². The minimum Gasteiger partial charge on any atom is -0.497 e. The molecule has 1 aromatic heterocycles. The summed E-state index contributed by atoms with van der Waals surface area (Å²) in [5.74, 6) is 2.27. The van der Waals surface area contributed by atoms with E-state index in [1.807, 2.05) is 42.5 Å². The zero-order valence-corrected chi connectivity index (χ0v) is 13.1. The number of nitrogens with zero attached hydrogens (tertiary/aromatic N) is 1. The minimum atomic E-state index is 0.684. The highest BCUT2D eigenvalue weighted by atomic mass is 16.5. The zero-order chi connectivity index (χ0) is 16.1. The molecule has 0 saturated heterocycles. The monoisotopic (exact) mass is 310 g/mol. The fraction of sp³-hybridized carbons (Fsp3) is 0.167. The van der Waals surface area contributed by atoms with Gasteiger partial charge in [0.2, 0.25) is 0 Å². The molecular weight excluding hydrogens is 292 g/mol. The summed E-state index contributed by atoms with van der Waals surface area (Å²) in [7, 11) is 3.30. The van der Waals surface area contributed by atoms with Crippen LogP contribution >= 0.6 is 0 Å². The predicted molar refractivity (Wildman–Crippen MR) is 88.8 cm³/mol. The van der Waals surface area contributed by atoms with Gasteiger partial charge in [0.05, 0.1) is 26.0 Å². The van der Waals surface area contributed by atoms with Gasteiger partial charge >= 0.3 is 0 Å². The summed E-state index contributed by atoms with van der Waals surface area (Å²) < 4.78 is 15.9. The standard InChI is InChI=1S/C18H18N2O3/c1-21-15-6-3-13(4-7-15)10-20-14-5-8-16(17(9-14)22-2)18-11-19-12-23-18/h3-9,11-12,20H,10H2,1-2H3. The molecule has 2 aromatic carbocycles. The SMILES string of the molecule is COc1ccc(CNc2ccc(-c3cnco3)c(OC)c2)cc1. The van der Waals surface area contributed by atoms with Gasteiger partial charge in [-0.1, -0.05) is 12.1 Å². The van der Waals surface area contributed by atoms with Gasteiger partial charge in [0, 0.05) is 18.3 Å². The van der Waals surface area contributed by atoms with Crippen molar-refractivity contribution in [3.05, 3.63) is 60.6 Å². The molecule has 3 aromatic rings. The lowest BCUT2D eigenvalue weighted by atomic mass is 10.1. The summed E-state index contributed by atoms with van der Waals surface area (Å²) in [6, 6.07) is 13.9. The number of methoxy groups -OCH3 is 2. The van der Waals surface area contributed by atoms with Gasteiger partial charge in [0.1, 0.15) is 11.5 Å². The van der Waals surface area contributed by atoms with Crippen molar-refractivity contribution in [2.45, 2.75) is 6.54 Å². The summed E-state index contributed by atoms with van der Waals surface area (Å²) in [6.45, 7) is 0.717. The van der Waals surface area contributed by atoms with Gasteiger partial charge in [-0.3, -0.25) is 0 Å². The highest BCUT2D eigenvalue weighted by Gasteiger charge is 2.09. The molecule has 23 heavy (non-hydrogen) atoms. The number of anilines is 1. The Bertz CT molecular complexity index is 752. The summed E-state index contributed by atoms with van der Waals surface area (Å²) in [4.78, 5) is 3.94. The van der Waals surface area contributed by atoms with Crippen molar-refractivity contribution in [1.82, 2.24) is 4.98 Å². The van der Waals surface area contributed by atoms with Crippen LogP contribution in [0.25, 0.3) is 11.3 Å². The molecular formula is C18H18N2O3. The molecule has 0 radical (unpaired) electrons. The van der Waals surface area contributed by atoms with Crippen LogP contribution in [0, 0.1) is 0 Å². The zero-order valence-electron chi connectivity index (χ0n) is 13.1. The van der Waals surface area contributed by atoms with Crippen molar-refractivity contribution in [1.29, 1.82) is 0 Å². The first kappa shape index (κ1) is 15.0. The Morgan fingerprint density at radius 3 is 2.52 bits per heavy atom. The van der Waals surface area contributed by atoms with E-state index >= 15 is 0 Å². The number of aromatic nitrogens is 1. The van der Waals surface area contributed by atoms with Crippen LogP contribution in [0.5, 0.6) is 11.5 Å². The molecule has 0 amide bonds. The van der Waals surface area contributed by atoms with E-state index in [-0.39, 0.29) is 0 Å². The Labute approximate surface area is 134 Å². The van der Waals surface area contributed by atoms with Gasteiger partial charge in [-0.05, 0) is 29.8 Å². The topological polar surface area (TPSA) is 56.5 Å². The van der Waals surface area contributed by atoms with Gasteiger partial charge < -0.3 is 19.2 Å². The van der Waals surface area contributed by atoms with E-state index in [2.05, 4.69) is 10.3 Å². The molecule has 118 valence electrons. The van der Waals surface area contributed by atoms with Crippen molar-refractivity contribution >= 4 is 5.69 Å². The maximum atomic E-state index is 5.45. The maximum absolute atomic E-state index is 5.45. The van der Waals surface area contributed by atoms with E-state index in [1.165, 1.54) is 12.0 Å². The van der Waals surface area contributed by atoms with Crippen LogP contribution < -0.4 is 14.8 Å². The first-order valence-corrected chi connectivity index (χ1v) is 7.24. The summed E-state index contributed by atoms with van der Waals surface area (Å²) in [6.07, 6.45) is 3.08. The Hall–Kier alpha value is -2.95. The molecule has 0 atom stereocenters. The molecule has 0 spiro atoms. The van der Waals surface area contributed by atoms with Crippen LogP contribution in [-0.4, -0.2) is 19.2 Å². The molecule has 1 heterocycles. The van der Waals surface area contributed by atoms with E-state index < -0.39 is 0 Å². The Balaban J connectivity index is 1.73. The van der Waals surface area contributed by atoms with Crippen molar-refractivity contribution in [2.75, 3.05) is 19.5 Å². The molecule has 0 saturated carbocycles. The van der Waals surface area contributed by atoms with Crippen LogP contribution in [0.1, 0.15) is 5.56 Å². The molecule has 5 heteroatoms. The molecule has 0 fully saturated rings. The Morgan fingerprint density at radius 1 is 1.04 bits per heavy atom. The lowest BCUT2D eigenvalue weighted by molar-refractivity contribution is 0.414. The van der Waals surface area contributed by atoms with E-state index in [4.69, 9.17) is 13.9 Å². The van der Waals surface area contributed by atoms with Crippen molar-refractivity contribution in [3.63, 3.8) is 0 Å². The average Bonchev–Trinajstić information content (AvgIpc) is 3.14. The van der Waals surface area contributed by atoms with Gasteiger partial charge in [0.25, 0.3) is 0 Å². The van der Waals surface area contributed by atoms with Crippen molar-refractivity contribution in [2.24, 2.45) is 0 Å². The predicted octanol–water partition coefficient (Wildman–Crippen LogP) is 3.97. The molecule has 0 bridgehead atoms. The van der Waals surface area contributed by atoms with E-state index in [1.54, 1.807) is 20.4 Å². The quantitative estimate of drug-likeness (QED) is 0.746. The number of rotatable bonds is 6. The first-order chi connectivity index (χ1) is 11.3. The molecule has 0 aliphatic rings. The lowest BCUT2D eigenvalue weighted by Crippen LogP contribution is -2.00. The third-order valence-electron chi connectivity index (χ3n) is 3.55. The third-order valence-corrected chi connectivity index (χ3v) is 3.55. The fourth-order valence-corrected chi connectivity index (χ4v) is 2.30. The second-order valence-corrected chi connectivity index (χ2v) is 4.98. The van der Waals surface area contributed by atoms with Gasteiger partial charge in [-0.2, -0.15) is 0 Å². The molecule has 1 N–H and O–H groups in total. The number of nitrogens with one attached hydrogen (secondary N) is 1. The number of hydrogen-bond donors (Lipinski definition) is 1. The lowest BCUT2D eigenvalue weighted by Gasteiger charge is -2.11. The summed E-state index contributed by atoms with van der Waals surface area (Å²) in [5, 5.41) is 3.38. The Morgan fingerprint density at radius 2 is 1.87 bits per heavy atom. The summed E-state index contributed by atoms with van der Waals surface area (Å²) in [5.41, 5.74) is 3.02. The first-order valence-electron chi connectivity index (χ1n) is 7.24. The highest BCUT2D eigenvalue weighted by Crippen LogP contribution is 2.32. The normalized spacial score (nSPS) is 10.3. The Kier molecular flexibility index (Phi) is 4.47. The van der Waals surface area contributed by atoms with Gasteiger partial charge in [-0.25, -0.2) is 4.98 Å². The van der Waals surface area contributed by atoms with E-state index in [0.717, 1.165) is 29.3 Å². The molecule has 0 aliphatic heterocycles. The summed E-state index contributed by atoms with van der Waals surface area (Å²) >= 11 is 0. The van der Waals surface area contributed by atoms with Crippen LogP contribution in [0.4, 0.5) is 5.69 Å². The van der Waals surface area contributed by atoms with Gasteiger partial charge in [0.15, 0.2) is 12.2 Å². The molecule has 0 aliphatic carbocycles. The highest BCUT2D eigenvalue weighted by molar-refractivity contribution is 5.69. The van der Waals surface area contributed by atoms with Crippen LogP contribution in [-0.2, 0) is 6.54 Å². The molecule has 3 rings (SSSR count). The van der Waals surface area contributed by atoms with Crippen molar-refractivity contribution in [3.8, 4) is 22.8 Å². The molecule has 0 unspecified atom stereocenters. The largest absolute Gasteiger partial charge is 0.497 e. The van der Waals surface area contributed by atoms with E-state index in [9.17, 15) is 0 Å². The molecule has 5 nitrogen and oxygen atoms in total. The fourth-order valence-electron chi connectivity index (χ4n) is 2.30. The smallest absolute Gasteiger partial charge is 0.181 e. The van der Waals surface area contributed by atoms with Crippen LogP contribution in [0.15, 0.2) is 59.5 Å². The van der Waals surface area contributed by atoms with Crippen molar-refractivity contribution < 1.29 is 13.9 Å². The maximum Gasteiger partial charge on any atom is 0.181 e. The third kappa shape index (κ3) is 3.45.